The first-order valence-corrected chi connectivity index (χ1v) is 13.0. The molecule has 7 heteroatoms. The number of hydrogen-bond acceptors (Lipinski definition) is 6. The minimum absolute atomic E-state index is 0.0964. The van der Waals surface area contributed by atoms with E-state index in [1.54, 1.807) is 0 Å². The summed E-state index contributed by atoms with van der Waals surface area (Å²) >= 11 is 0. The second kappa shape index (κ2) is 10.3. The van der Waals surface area contributed by atoms with Crippen molar-refractivity contribution in [1.82, 2.24) is 20.2 Å². The van der Waals surface area contributed by atoms with Gasteiger partial charge >= 0.3 is 0 Å². The van der Waals surface area contributed by atoms with Crippen LogP contribution in [0.4, 0.5) is 5.82 Å². The minimum Gasteiger partial charge on any atom is -0.393 e. The number of amides is 1. The van der Waals surface area contributed by atoms with Crippen molar-refractivity contribution in [3.05, 3.63) is 17.6 Å². The molecule has 0 spiro atoms. The molecule has 1 atom stereocenters. The Balaban J connectivity index is 1.34. The van der Waals surface area contributed by atoms with Gasteiger partial charge in [0.05, 0.1) is 6.10 Å². The second-order valence-electron chi connectivity index (χ2n) is 11.7. The van der Waals surface area contributed by atoms with E-state index >= 15 is 0 Å². The van der Waals surface area contributed by atoms with Crippen LogP contribution in [0.2, 0.25) is 0 Å². The molecule has 184 valence electrons. The summed E-state index contributed by atoms with van der Waals surface area (Å²) in [5.41, 5.74) is 1.01. The van der Waals surface area contributed by atoms with Crippen molar-refractivity contribution in [3.8, 4) is 0 Å². The largest absolute Gasteiger partial charge is 0.393 e. The van der Waals surface area contributed by atoms with E-state index in [2.05, 4.69) is 48.9 Å². The first-order valence-electron chi connectivity index (χ1n) is 13.0. The highest BCUT2D eigenvalue weighted by molar-refractivity contribution is 5.46. The minimum atomic E-state index is -0.175. The van der Waals surface area contributed by atoms with Crippen molar-refractivity contribution in [3.63, 3.8) is 0 Å². The molecule has 1 saturated heterocycles. The Bertz CT molecular complexity index is 796. The average molecular weight is 458 g/mol. The molecule has 3 fully saturated rings. The number of piperazine rings is 1. The maximum absolute atomic E-state index is 10.7. The number of nitrogens with zero attached hydrogens (tertiary/aromatic N) is 4. The molecule has 3 aliphatic rings. The van der Waals surface area contributed by atoms with Gasteiger partial charge in [-0.25, -0.2) is 9.97 Å². The molecule has 2 N–H and O–H groups in total. The predicted molar refractivity (Wildman–Crippen MR) is 132 cm³/mol. The molecule has 4 rings (SSSR count). The molecular weight excluding hydrogens is 414 g/mol. The van der Waals surface area contributed by atoms with Crippen LogP contribution in [0, 0.1) is 5.92 Å². The van der Waals surface area contributed by atoms with Crippen molar-refractivity contribution in [2.24, 2.45) is 5.92 Å². The van der Waals surface area contributed by atoms with E-state index in [4.69, 9.17) is 9.97 Å². The lowest BCUT2D eigenvalue weighted by Gasteiger charge is -2.42. The van der Waals surface area contributed by atoms with Gasteiger partial charge in [0, 0.05) is 54.8 Å². The van der Waals surface area contributed by atoms with Gasteiger partial charge in [-0.1, -0.05) is 20.8 Å². The maximum atomic E-state index is 10.7. The number of carbonyl (C=O) groups is 1. The number of aromatic nitrogens is 2. The average Bonchev–Trinajstić information content (AvgIpc) is 2.76. The number of rotatable bonds is 7. The fraction of sp³-hybridized carbons (Fsp3) is 0.808. The first kappa shape index (κ1) is 24.4. The summed E-state index contributed by atoms with van der Waals surface area (Å²) in [5.74, 6) is 3.11. The van der Waals surface area contributed by atoms with E-state index in [0.29, 0.717) is 18.0 Å². The van der Waals surface area contributed by atoms with Crippen LogP contribution in [0.5, 0.6) is 0 Å². The lowest BCUT2D eigenvalue weighted by atomic mass is 9.80. The van der Waals surface area contributed by atoms with E-state index in [-0.39, 0.29) is 11.5 Å². The van der Waals surface area contributed by atoms with Crippen LogP contribution in [0.25, 0.3) is 0 Å². The number of aliphatic hydroxyl groups is 1. The summed E-state index contributed by atoms with van der Waals surface area (Å²) in [6, 6.07) is 3.06. The second-order valence-corrected chi connectivity index (χ2v) is 11.7. The van der Waals surface area contributed by atoms with Gasteiger partial charge in [0.2, 0.25) is 6.41 Å². The van der Waals surface area contributed by atoms with Crippen LogP contribution < -0.4 is 10.2 Å². The van der Waals surface area contributed by atoms with Crippen molar-refractivity contribution >= 4 is 12.2 Å². The Labute approximate surface area is 199 Å². The normalized spacial score (nSPS) is 31.2. The highest BCUT2D eigenvalue weighted by Crippen LogP contribution is 2.38. The fourth-order valence-corrected chi connectivity index (χ4v) is 5.59. The third kappa shape index (κ3) is 6.04. The Kier molecular flexibility index (Phi) is 7.59. The van der Waals surface area contributed by atoms with Gasteiger partial charge < -0.3 is 15.3 Å². The van der Waals surface area contributed by atoms with E-state index in [1.807, 2.05) is 0 Å². The number of hydrogen-bond donors (Lipinski definition) is 2. The number of anilines is 1. The monoisotopic (exact) mass is 457 g/mol. The summed E-state index contributed by atoms with van der Waals surface area (Å²) in [7, 11) is 0. The molecule has 1 amide bonds. The SMILES string of the molecule is CC1CN(c2cc(C3CC(O)C3)nc(C(C)(C)C)n2)CCN1CCC1CCC(NC=O)CC1. The molecule has 1 aliphatic heterocycles. The van der Waals surface area contributed by atoms with Crippen LogP contribution in [0.3, 0.4) is 0 Å². The lowest BCUT2D eigenvalue weighted by molar-refractivity contribution is -0.110. The summed E-state index contributed by atoms with van der Waals surface area (Å²) in [6.45, 7) is 13.1. The molecular formula is C26H43N5O2. The van der Waals surface area contributed by atoms with Gasteiger partial charge in [-0.2, -0.15) is 0 Å². The topological polar surface area (TPSA) is 81.6 Å². The Morgan fingerprint density at radius 3 is 2.48 bits per heavy atom. The van der Waals surface area contributed by atoms with Crippen molar-refractivity contribution in [2.45, 2.75) is 102 Å². The number of nitrogens with one attached hydrogen (secondary N) is 1. The molecule has 1 aromatic heterocycles. The molecule has 33 heavy (non-hydrogen) atoms. The smallest absolute Gasteiger partial charge is 0.207 e. The molecule has 0 aromatic carbocycles. The lowest BCUT2D eigenvalue weighted by Crippen LogP contribution is -2.52. The number of aliphatic hydroxyl groups excluding tert-OH is 1. The number of carbonyl (C=O) groups excluding carboxylic acids is 1. The third-order valence-electron chi connectivity index (χ3n) is 8.00. The van der Waals surface area contributed by atoms with Gasteiger partial charge in [0.15, 0.2) is 0 Å². The van der Waals surface area contributed by atoms with Gasteiger partial charge in [-0.15, -0.1) is 0 Å². The van der Waals surface area contributed by atoms with Gasteiger partial charge in [-0.05, 0) is 64.3 Å². The van der Waals surface area contributed by atoms with Crippen molar-refractivity contribution in [2.75, 3.05) is 31.1 Å². The summed E-state index contributed by atoms with van der Waals surface area (Å²) in [5, 5.41) is 12.7. The van der Waals surface area contributed by atoms with Gasteiger partial charge in [0.1, 0.15) is 11.6 Å². The van der Waals surface area contributed by atoms with E-state index in [1.165, 1.54) is 19.3 Å². The third-order valence-corrected chi connectivity index (χ3v) is 8.00. The zero-order valence-electron chi connectivity index (χ0n) is 21.0. The molecule has 2 heterocycles. The quantitative estimate of drug-likeness (QED) is 0.612. The maximum Gasteiger partial charge on any atom is 0.207 e. The molecule has 7 nitrogen and oxygen atoms in total. The predicted octanol–water partition coefficient (Wildman–Crippen LogP) is 3.22. The van der Waals surface area contributed by atoms with Crippen LogP contribution in [0.15, 0.2) is 6.07 Å². The van der Waals surface area contributed by atoms with Crippen molar-refractivity contribution in [1.29, 1.82) is 0 Å². The highest BCUT2D eigenvalue weighted by Gasteiger charge is 2.33. The van der Waals surface area contributed by atoms with E-state index in [0.717, 1.165) is 81.5 Å². The Hall–Kier alpha value is -1.73. The van der Waals surface area contributed by atoms with Crippen LogP contribution >= 0.6 is 0 Å². The zero-order valence-corrected chi connectivity index (χ0v) is 21.0. The summed E-state index contributed by atoms with van der Waals surface area (Å²) < 4.78 is 0. The highest BCUT2D eigenvalue weighted by atomic mass is 16.3. The molecule has 2 aliphatic carbocycles. The Morgan fingerprint density at radius 1 is 1.15 bits per heavy atom. The Morgan fingerprint density at radius 2 is 1.88 bits per heavy atom. The molecule has 0 bridgehead atoms. The summed E-state index contributed by atoms with van der Waals surface area (Å²) in [6.07, 6.45) is 8.28. The molecule has 1 aromatic rings. The van der Waals surface area contributed by atoms with E-state index < -0.39 is 0 Å². The fourth-order valence-electron chi connectivity index (χ4n) is 5.59. The van der Waals surface area contributed by atoms with Crippen molar-refractivity contribution < 1.29 is 9.90 Å². The molecule has 2 saturated carbocycles. The first-order chi connectivity index (χ1) is 15.7. The standard InChI is InChI=1S/C26H43N5O2/c1-18-16-31(12-11-30(18)10-9-19-5-7-21(8-6-19)27-17-32)24-15-23(20-13-22(33)14-20)28-25(29-24)26(2,3)4/h15,17-22,33H,5-14,16H2,1-4H3,(H,27,32). The summed E-state index contributed by atoms with van der Waals surface area (Å²) in [4.78, 5) is 25.6. The zero-order chi connectivity index (χ0) is 23.6. The molecule has 1 unspecified atom stereocenters. The molecule has 0 radical (unpaired) electrons. The van der Waals surface area contributed by atoms with Crippen LogP contribution in [0.1, 0.15) is 90.1 Å². The van der Waals surface area contributed by atoms with Gasteiger partial charge in [-0.3, -0.25) is 9.69 Å². The van der Waals surface area contributed by atoms with Crippen LogP contribution in [-0.2, 0) is 10.2 Å². The van der Waals surface area contributed by atoms with Gasteiger partial charge in [0.25, 0.3) is 0 Å². The van der Waals surface area contributed by atoms with Crippen LogP contribution in [-0.4, -0.2) is 70.8 Å². The van der Waals surface area contributed by atoms with E-state index in [9.17, 15) is 9.90 Å².